The van der Waals surface area contributed by atoms with Crippen molar-refractivity contribution in [2.24, 2.45) is 5.16 Å². The van der Waals surface area contributed by atoms with E-state index in [0.717, 1.165) is 49.0 Å². The molecule has 4 heteroatoms. The molecule has 2 heterocycles. The van der Waals surface area contributed by atoms with Crippen LogP contribution < -0.4 is 10.3 Å². The van der Waals surface area contributed by atoms with E-state index in [1.807, 2.05) is 6.07 Å². The van der Waals surface area contributed by atoms with E-state index in [9.17, 15) is 5.21 Å². The van der Waals surface area contributed by atoms with Crippen LogP contribution in [0.1, 0.15) is 61.6 Å². The molecule has 0 bridgehead atoms. The average Bonchev–Trinajstić information content (AvgIpc) is 3.10. The van der Waals surface area contributed by atoms with Gasteiger partial charge in [0.25, 0.3) is 5.55 Å². The molecule has 1 aromatic carbocycles. The van der Waals surface area contributed by atoms with Gasteiger partial charge < -0.3 is 14.4 Å². The molecule has 126 valence electrons. The second kappa shape index (κ2) is 5.27. The lowest BCUT2D eigenvalue weighted by molar-refractivity contribution is 0.0109. The number of benzene rings is 1. The van der Waals surface area contributed by atoms with E-state index >= 15 is 0 Å². The summed E-state index contributed by atoms with van der Waals surface area (Å²) < 4.78 is 12.4. The van der Waals surface area contributed by atoms with Gasteiger partial charge in [-0.15, -0.1) is 0 Å². The molecule has 1 fully saturated rings. The van der Waals surface area contributed by atoms with Crippen LogP contribution in [0.2, 0.25) is 0 Å². The largest absolute Gasteiger partial charge is 0.487 e. The number of fused-ring (bicyclic) bond motifs is 4. The van der Waals surface area contributed by atoms with Gasteiger partial charge in [0.2, 0.25) is 0 Å². The summed E-state index contributed by atoms with van der Waals surface area (Å²) in [5.41, 5.74) is 4.87. The van der Waals surface area contributed by atoms with Crippen molar-refractivity contribution in [3.63, 3.8) is 0 Å². The lowest BCUT2D eigenvalue weighted by Gasteiger charge is -2.41. The van der Waals surface area contributed by atoms with Gasteiger partial charge in [-0.3, -0.25) is 0 Å². The predicted octanol–water partition coefficient (Wildman–Crippen LogP) is 4.24. The Balaban J connectivity index is 1.65. The molecule has 1 aliphatic heterocycles. The Morgan fingerprint density at radius 2 is 1.75 bits per heavy atom. The quantitative estimate of drug-likeness (QED) is 0.582. The van der Waals surface area contributed by atoms with Crippen molar-refractivity contribution >= 4 is 11.0 Å². The van der Waals surface area contributed by atoms with Gasteiger partial charge in [0.15, 0.2) is 0 Å². The minimum atomic E-state index is 0.0415. The fourth-order valence-corrected chi connectivity index (χ4v) is 4.94. The third-order valence-corrected chi connectivity index (χ3v) is 6.20. The van der Waals surface area contributed by atoms with E-state index < -0.39 is 0 Å². The highest BCUT2D eigenvalue weighted by molar-refractivity contribution is 5.84. The molecule has 1 spiro atoms. The third kappa shape index (κ3) is 2.08. The number of ether oxygens (including phenoxy) is 1. The Bertz CT molecular complexity index is 875. The topological polar surface area (TPSA) is 55.0 Å². The maximum Gasteiger partial charge on any atom is 0.259 e. The first-order valence-electron chi connectivity index (χ1n) is 9.27. The smallest absolute Gasteiger partial charge is 0.259 e. The van der Waals surface area contributed by atoms with Gasteiger partial charge in [-0.05, 0) is 80.1 Å². The Morgan fingerprint density at radius 3 is 2.58 bits per heavy atom. The molecule has 0 atom stereocenters. The minimum Gasteiger partial charge on any atom is -0.487 e. The predicted molar refractivity (Wildman–Crippen MR) is 90.4 cm³/mol. The first-order valence-corrected chi connectivity index (χ1v) is 9.27. The van der Waals surface area contributed by atoms with Crippen molar-refractivity contribution in [1.82, 2.24) is 0 Å². The molecule has 4 nitrogen and oxygen atoms in total. The van der Waals surface area contributed by atoms with Crippen LogP contribution in [0.15, 0.2) is 21.7 Å². The molecular weight excluding hydrogens is 302 g/mol. The van der Waals surface area contributed by atoms with Crippen LogP contribution in [0.3, 0.4) is 0 Å². The summed E-state index contributed by atoms with van der Waals surface area (Å²) in [5.74, 6) is 0.973. The lowest BCUT2D eigenvalue weighted by atomic mass is 9.79. The molecule has 2 aromatic rings. The second-order valence-corrected chi connectivity index (χ2v) is 7.62. The Hall–Kier alpha value is -1.97. The summed E-state index contributed by atoms with van der Waals surface area (Å²) in [6, 6.07) is 4.29. The maximum atomic E-state index is 9.30. The molecule has 0 amide bonds. The Labute approximate surface area is 141 Å². The summed E-state index contributed by atoms with van der Waals surface area (Å²) in [5, 5.41) is 13.9. The average molecular weight is 325 g/mol. The highest BCUT2D eigenvalue weighted by Gasteiger charge is 2.37. The van der Waals surface area contributed by atoms with E-state index in [4.69, 9.17) is 9.15 Å². The molecule has 0 unspecified atom stereocenters. The normalized spacial score (nSPS) is 22.4. The van der Waals surface area contributed by atoms with E-state index in [2.05, 4.69) is 11.2 Å². The molecule has 1 saturated carbocycles. The fourth-order valence-electron chi connectivity index (χ4n) is 4.94. The van der Waals surface area contributed by atoms with Crippen LogP contribution in [-0.4, -0.2) is 10.8 Å². The minimum absolute atomic E-state index is 0.0415. The monoisotopic (exact) mass is 325 g/mol. The van der Waals surface area contributed by atoms with E-state index in [1.54, 1.807) is 0 Å². The number of hydrogen-bond donors (Lipinski definition) is 1. The standard InChI is InChI=1S/C20H23NO3/c22-21-19-15-6-4-5-14(15)16-11-13-7-10-20(8-2-1-3-9-20)24-17(13)12-18(16)23-19/h11-12,22H,1-10H2. The van der Waals surface area contributed by atoms with Crippen LogP contribution in [0.5, 0.6) is 5.75 Å². The molecule has 24 heavy (non-hydrogen) atoms. The number of rotatable bonds is 0. The molecule has 2 aliphatic carbocycles. The van der Waals surface area contributed by atoms with Gasteiger partial charge in [0, 0.05) is 17.0 Å². The summed E-state index contributed by atoms with van der Waals surface area (Å²) in [6.45, 7) is 0. The van der Waals surface area contributed by atoms with Crippen molar-refractivity contribution in [1.29, 1.82) is 0 Å². The maximum absolute atomic E-state index is 9.30. The first-order chi connectivity index (χ1) is 11.8. The van der Waals surface area contributed by atoms with Gasteiger partial charge in [0.05, 0.1) is 0 Å². The van der Waals surface area contributed by atoms with Gasteiger partial charge in [-0.1, -0.05) is 6.42 Å². The number of aryl methyl sites for hydroxylation is 2. The van der Waals surface area contributed by atoms with E-state index in [-0.39, 0.29) is 5.60 Å². The van der Waals surface area contributed by atoms with Gasteiger partial charge in [-0.2, -0.15) is 0 Å². The van der Waals surface area contributed by atoms with Crippen LogP contribution in [0, 0.1) is 0 Å². The molecular formula is C20H23NO3. The van der Waals surface area contributed by atoms with E-state index in [1.165, 1.54) is 48.6 Å². The van der Waals surface area contributed by atoms with Crippen LogP contribution in [-0.2, 0) is 19.3 Å². The molecule has 0 saturated heterocycles. The van der Waals surface area contributed by atoms with Crippen molar-refractivity contribution in [3.8, 4) is 5.75 Å². The lowest BCUT2D eigenvalue weighted by Crippen LogP contribution is -2.41. The zero-order valence-electron chi connectivity index (χ0n) is 13.9. The molecule has 1 aromatic heterocycles. The molecule has 5 rings (SSSR count). The first kappa shape index (κ1) is 14.4. The van der Waals surface area contributed by atoms with E-state index in [0.29, 0.717) is 5.55 Å². The molecule has 1 N–H and O–H groups in total. The van der Waals surface area contributed by atoms with Crippen molar-refractivity contribution in [3.05, 3.63) is 34.4 Å². The summed E-state index contributed by atoms with van der Waals surface area (Å²) in [6.07, 6.45) is 11.5. The number of hydrogen-bond acceptors (Lipinski definition) is 4. The second-order valence-electron chi connectivity index (χ2n) is 7.62. The highest BCUT2D eigenvalue weighted by atomic mass is 16.5. The van der Waals surface area contributed by atoms with Gasteiger partial charge >= 0.3 is 0 Å². The van der Waals surface area contributed by atoms with Gasteiger partial charge in [0.1, 0.15) is 16.9 Å². The van der Waals surface area contributed by atoms with Crippen molar-refractivity contribution in [2.45, 2.75) is 69.8 Å². The molecule has 0 radical (unpaired) electrons. The summed E-state index contributed by atoms with van der Waals surface area (Å²) >= 11 is 0. The van der Waals surface area contributed by atoms with Crippen molar-refractivity contribution < 1.29 is 14.4 Å². The van der Waals surface area contributed by atoms with Crippen molar-refractivity contribution in [2.75, 3.05) is 0 Å². The zero-order chi connectivity index (χ0) is 16.1. The molecule has 3 aliphatic rings. The number of nitrogens with zero attached hydrogens (tertiary/aromatic N) is 1. The third-order valence-electron chi connectivity index (χ3n) is 6.20. The van der Waals surface area contributed by atoms with Crippen LogP contribution in [0.4, 0.5) is 0 Å². The summed E-state index contributed by atoms with van der Waals surface area (Å²) in [4.78, 5) is 0. The van der Waals surface area contributed by atoms with Crippen LogP contribution in [0.25, 0.3) is 11.0 Å². The SMILES string of the molecule is ON=c1oc2cc3c(cc2c2c1CCC2)CCC1(CCCCC1)O3. The fraction of sp³-hybridized carbons (Fsp3) is 0.550. The Kier molecular flexibility index (Phi) is 3.15. The summed E-state index contributed by atoms with van der Waals surface area (Å²) in [7, 11) is 0. The van der Waals surface area contributed by atoms with Gasteiger partial charge in [-0.25, -0.2) is 0 Å². The Morgan fingerprint density at radius 1 is 0.917 bits per heavy atom. The zero-order valence-corrected chi connectivity index (χ0v) is 13.9. The van der Waals surface area contributed by atoms with Crippen LogP contribution >= 0.6 is 0 Å². The highest BCUT2D eigenvalue weighted by Crippen LogP contribution is 2.43.